The molecule has 5 rings (SSSR count). The van der Waals surface area contributed by atoms with Crippen LogP contribution in [0.25, 0.3) is 33.8 Å². The van der Waals surface area contributed by atoms with E-state index in [0.29, 0.717) is 24.9 Å². The molecule has 31 heavy (non-hydrogen) atoms. The van der Waals surface area contributed by atoms with Gasteiger partial charge in [0.2, 0.25) is 11.9 Å². The SMILES string of the molecule is CC(C)n1c(-c2ccccc2)nc2c(-c3cnc(N)nc3)nc(N3CCOCC3)nc21. The predicted molar refractivity (Wildman–Crippen MR) is 120 cm³/mol. The van der Waals surface area contributed by atoms with Gasteiger partial charge in [-0.3, -0.25) is 0 Å². The van der Waals surface area contributed by atoms with E-state index in [-0.39, 0.29) is 12.0 Å². The molecule has 0 amide bonds. The fourth-order valence-corrected chi connectivity index (χ4v) is 3.81. The summed E-state index contributed by atoms with van der Waals surface area (Å²) in [5, 5.41) is 0. The Balaban J connectivity index is 1.79. The summed E-state index contributed by atoms with van der Waals surface area (Å²) in [6, 6.07) is 10.3. The van der Waals surface area contributed by atoms with Crippen molar-refractivity contribution in [3.8, 4) is 22.6 Å². The highest BCUT2D eigenvalue weighted by molar-refractivity contribution is 5.91. The van der Waals surface area contributed by atoms with Crippen LogP contribution in [0.4, 0.5) is 11.9 Å². The van der Waals surface area contributed by atoms with Crippen LogP contribution in [0.3, 0.4) is 0 Å². The lowest BCUT2D eigenvalue weighted by molar-refractivity contribution is 0.122. The first-order valence-corrected chi connectivity index (χ1v) is 10.4. The number of anilines is 2. The van der Waals surface area contributed by atoms with Crippen molar-refractivity contribution >= 4 is 23.1 Å². The zero-order valence-electron chi connectivity index (χ0n) is 17.6. The molecule has 0 radical (unpaired) electrons. The van der Waals surface area contributed by atoms with Crippen molar-refractivity contribution in [1.29, 1.82) is 0 Å². The molecule has 3 aromatic heterocycles. The van der Waals surface area contributed by atoms with Gasteiger partial charge in [0.25, 0.3) is 0 Å². The van der Waals surface area contributed by atoms with Crippen LogP contribution >= 0.6 is 0 Å². The van der Waals surface area contributed by atoms with Crippen molar-refractivity contribution < 1.29 is 4.74 Å². The van der Waals surface area contributed by atoms with Crippen LogP contribution in [0.2, 0.25) is 0 Å². The van der Waals surface area contributed by atoms with Gasteiger partial charge in [0.05, 0.1) is 13.2 Å². The minimum Gasteiger partial charge on any atom is -0.378 e. The van der Waals surface area contributed by atoms with Gasteiger partial charge in [0.1, 0.15) is 17.0 Å². The van der Waals surface area contributed by atoms with E-state index < -0.39 is 0 Å². The van der Waals surface area contributed by atoms with Crippen LogP contribution in [0.15, 0.2) is 42.7 Å². The molecule has 4 aromatic rings. The smallest absolute Gasteiger partial charge is 0.228 e. The third kappa shape index (κ3) is 3.57. The van der Waals surface area contributed by atoms with E-state index >= 15 is 0 Å². The Morgan fingerprint density at radius 3 is 2.32 bits per heavy atom. The number of hydrogen-bond acceptors (Lipinski definition) is 8. The van der Waals surface area contributed by atoms with Gasteiger partial charge in [-0.1, -0.05) is 30.3 Å². The molecule has 1 saturated heterocycles. The number of ether oxygens (including phenoxy) is 1. The van der Waals surface area contributed by atoms with Crippen LogP contribution in [0, 0.1) is 0 Å². The number of imidazole rings is 1. The van der Waals surface area contributed by atoms with Gasteiger partial charge in [-0.05, 0) is 13.8 Å². The van der Waals surface area contributed by atoms with Crippen LogP contribution in [0.5, 0.6) is 0 Å². The number of nitrogens with two attached hydrogens (primary N) is 1. The summed E-state index contributed by atoms with van der Waals surface area (Å²) in [6.07, 6.45) is 3.37. The van der Waals surface area contributed by atoms with E-state index in [1.165, 1.54) is 0 Å². The van der Waals surface area contributed by atoms with Gasteiger partial charge in [-0.25, -0.2) is 19.9 Å². The normalized spacial score (nSPS) is 14.5. The zero-order valence-corrected chi connectivity index (χ0v) is 17.6. The van der Waals surface area contributed by atoms with Crippen molar-refractivity contribution in [2.24, 2.45) is 0 Å². The Morgan fingerprint density at radius 2 is 1.65 bits per heavy atom. The Hall–Kier alpha value is -3.59. The van der Waals surface area contributed by atoms with Crippen molar-refractivity contribution in [3.63, 3.8) is 0 Å². The fourth-order valence-electron chi connectivity index (χ4n) is 3.81. The lowest BCUT2D eigenvalue weighted by atomic mass is 10.2. The average molecular weight is 416 g/mol. The molecule has 0 aliphatic carbocycles. The summed E-state index contributed by atoms with van der Waals surface area (Å²) in [7, 11) is 0. The first-order valence-electron chi connectivity index (χ1n) is 10.4. The molecule has 0 saturated carbocycles. The summed E-state index contributed by atoms with van der Waals surface area (Å²) in [5.41, 5.74) is 9.70. The summed E-state index contributed by atoms with van der Waals surface area (Å²) >= 11 is 0. The van der Waals surface area contributed by atoms with E-state index in [2.05, 4.69) is 45.4 Å². The Morgan fingerprint density at radius 1 is 0.935 bits per heavy atom. The highest BCUT2D eigenvalue weighted by Gasteiger charge is 2.24. The minimum absolute atomic E-state index is 0.156. The van der Waals surface area contributed by atoms with E-state index in [4.69, 9.17) is 25.4 Å². The highest BCUT2D eigenvalue weighted by atomic mass is 16.5. The third-order valence-electron chi connectivity index (χ3n) is 5.32. The molecular formula is C22H24N8O. The molecular weight excluding hydrogens is 392 g/mol. The average Bonchev–Trinajstić information content (AvgIpc) is 3.20. The van der Waals surface area contributed by atoms with Crippen molar-refractivity contribution in [2.75, 3.05) is 36.9 Å². The topological polar surface area (TPSA) is 108 Å². The number of nitrogen functional groups attached to an aromatic ring is 1. The Kier molecular flexibility index (Phi) is 4.95. The fraction of sp³-hybridized carbons (Fsp3) is 0.318. The molecule has 1 aromatic carbocycles. The molecule has 1 aliphatic rings. The van der Waals surface area contributed by atoms with Gasteiger partial charge in [-0.2, -0.15) is 4.98 Å². The van der Waals surface area contributed by atoms with Crippen molar-refractivity contribution in [3.05, 3.63) is 42.7 Å². The van der Waals surface area contributed by atoms with Gasteiger partial charge in [-0.15, -0.1) is 0 Å². The number of benzene rings is 1. The lowest BCUT2D eigenvalue weighted by Crippen LogP contribution is -2.37. The molecule has 9 heteroatoms. The van der Waals surface area contributed by atoms with Gasteiger partial charge in [0, 0.05) is 42.7 Å². The van der Waals surface area contributed by atoms with E-state index in [9.17, 15) is 0 Å². The Labute approximate surface area is 180 Å². The summed E-state index contributed by atoms with van der Waals surface area (Å²) < 4.78 is 7.68. The van der Waals surface area contributed by atoms with Gasteiger partial charge in [0.15, 0.2) is 5.65 Å². The third-order valence-corrected chi connectivity index (χ3v) is 5.32. The zero-order chi connectivity index (χ0) is 21.4. The first-order chi connectivity index (χ1) is 15.1. The molecule has 0 bridgehead atoms. The summed E-state index contributed by atoms with van der Waals surface area (Å²) in [6.45, 7) is 7.06. The Bertz CT molecular complexity index is 1200. The van der Waals surface area contributed by atoms with Crippen molar-refractivity contribution in [2.45, 2.75) is 19.9 Å². The first kappa shape index (κ1) is 19.4. The van der Waals surface area contributed by atoms with Crippen molar-refractivity contribution in [1.82, 2.24) is 29.5 Å². The molecule has 1 aliphatic heterocycles. The predicted octanol–water partition coefficient (Wildman–Crippen LogP) is 2.95. The van der Waals surface area contributed by atoms with E-state index in [1.54, 1.807) is 12.4 Å². The van der Waals surface area contributed by atoms with Gasteiger partial charge >= 0.3 is 0 Å². The number of hydrogen-bond donors (Lipinski definition) is 1. The lowest BCUT2D eigenvalue weighted by Gasteiger charge is -2.27. The number of fused-ring (bicyclic) bond motifs is 1. The van der Waals surface area contributed by atoms with Gasteiger partial charge < -0.3 is 19.9 Å². The summed E-state index contributed by atoms with van der Waals surface area (Å²) in [5.74, 6) is 1.74. The maximum atomic E-state index is 5.71. The highest BCUT2D eigenvalue weighted by Crippen LogP contribution is 2.33. The number of aromatic nitrogens is 6. The number of rotatable bonds is 4. The van der Waals surface area contributed by atoms with E-state index in [0.717, 1.165) is 41.2 Å². The maximum Gasteiger partial charge on any atom is 0.228 e. The van der Waals surface area contributed by atoms with Crippen LogP contribution < -0.4 is 10.6 Å². The molecule has 2 N–H and O–H groups in total. The molecule has 4 heterocycles. The second-order valence-electron chi connectivity index (χ2n) is 7.74. The molecule has 158 valence electrons. The second kappa shape index (κ2) is 7.92. The molecule has 9 nitrogen and oxygen atoms in total. The molecule has 0 atom stereocenters. The minimum atomic E-state index is 0.156. The number of nitrogens with zero attached hydrogens (tertiary/aromatic N) is 7. The van der Waals surface area contributed by atoms with E-state index in [1.807, 2.05) is 18.2 Å². The maximum absolute atomic E-state index is 5.71. The second-order valence-corrected chi connectivity index (χ2v) is 7.74. The standard InChI is InChI=1S/C22H24N8O/c1-14(2)30-19(15-6-4-3-5-7-15)26-18-17(16-12-24-21(23)25-13-16)27-22(28-20(18)30)29-8-10-31-11-9-29/h3-7,12-14H,8-11H2,1-2H3,(H2,23,24,25). The van der Waals surface area contributed by atoms with Crippen LogP contribution in [0.1, 0.15) is 19.9 Å². The van der Waals surface area contributed by atoms with Crippen LogP contribution in [-0.4, -0.2) is 55.8 Å². The monoisotopic (exact) mass is 416 g/mol. The largest absolute Gasteiger partial charge is 0.378 e. The molecule has 0 unspecified atom stereocenters. The molecule has 1 fully saturated rings. The molecule has 0 spiro atoms. The number of morpholine rings is 1. The summed E-state index contributed by atoms with van der Waals surface area (Å²) in [4.78, 5) is 25.3. The quantitative estimate of drug-likeness (QED) is 0.541. The van der Waals surface area contributed by atoms with Crippen LogP contribution in [-0.2, 0) is 4.74 Å².